The lowest BCUT2D eigenvalue weighted by Crippen LogP contribution is -1.99. The van der Waals surface area contributed by atoms with Crippen LogP contribution >= 0.6 is 56.7 Å². The molecule has 0 aliphatic rings. The molecule has 1 N–H and O–H groups in total. The van der Waals surface area contributed by atoms with Crippen LogP contribution < -0.4 is 0 Å². The number of rotatable bonds is 60. The lowest BCUT2D eigenvalue weighted by Gasteiger charge is -2.09. The summed E-state index contributed by atoms with van der Waals surface area (Å²) < 4.78 is 0. The average molecular weight is 1450 g/mol. The standard InChI is InChI=1S/C92H141NO2S5/c1-11-21-31-41-51-72-71-96-83(74(72)52-42-32-22-12-2)61-62-84-75(53-43-33-23-13-3)76(54-44-34-24-14-4)85(97-84)63-64-86-77(55-45-35-25-15-5)78(56-46-36-26-16-6)87(98-86)65-66-88-79(57-47-37-27-17-7)80(58-48-38-28-18-8)89(99-88)67-68-90-81(59-49-39-29-19-9)82(60-50-40-30-20-10)91(100-90)69-73(70-93)92(94)95/h61-69,71H,11-60H2,1-10H3,(H,94,95)/b62-61+,64-63+,66-65+,68-67+,73-69+. The average Bonchev–Trinajstić information content (AvgIpc) is 1.67. The molecule has 556 valence electrons. The Kier molecular flexibility index (Phi) is 46.7. The summed E-state index contributed by atoms with van der Waals surface area (Å²) >= 11 is 9.94. The van der Waals surface area contributed by atoms with E-state index in [-0.39, 0.29) is 5.57 Å². The highest BCUT2D eigenvalue weighted by atomic mass is 32.1. The summed E-state index contributed by atoms with van der Waals surface area (Å²) in [5, 5.41) is 22.8. The quantitative estimate of drug-likeness (QED) is 0.0240. The van der Waals surface area contributed by atoms with E-state index in [4.69, 9.17) is 0 Å². The van der Waals surface area contributed by atoms with Gasteiger partial charge in [-0.05, 0) is 244 Å². The van der Waals surface area contributed by atoms with Crippen molar-refractivity contribution in [3.63, 3.8) is 0 Å². The lowest BCUT2D eigenvalue weighted by molar-refractivity contribution is -0.132. The van der Waals surface area contributed by atoms with Crippen LogP contribution in [0.25, 0.3) is 54.7 Å². The molecule has 0 saturated carbocycles. The lowest BCUT2D eigenvalue weighted by atomic mass is 9.94. The molecule has 5 heterocycles. The minimum Gasteiger partial charge on any atom is -0.477 e. The van der Waals surface area contributed by atoms with Gasteiger partial charge < -0.3 is 5.11 Å². The molecule has 0 atom stereocenters. The molecule has 0 aliphatic carbocycles. The molecule has 0 spiro atoms. The fourth-order valence-electron chi connectivity index (χ4n) is 14.7. The van der Waals surface area contributed by atoms with Crippen LogP contribution in [0.2, 0.25) is 0 Å². The third-order valence-corrected chi connectivity index (χ3v) is 26.6. The van der Waals surface area contributed by atoms with Crippen LogP contribution in [0.5, 0.6) is 0 Å². The second kappa shape index (κ2) is 53.9. The van der Waals surface area contributed by atoms with Crippen molar-refractivity contribution >= 4 is 117 Å². The van der Waals surface area contributed by atoms with Gasteiger partial charge in [-0.1, -0.05) is 262 Å². The molecule has 3 nitrogen and oxygen atoms in total. The van der Waals surface area contributed by atoms with Crippen LogP contribution in [0.3, 0.4) is 0 Å². The first kappa shape index (κ1) is 86.8. The SMILES string of the molecule is CCCCCCc1csc(/C=C/c2sc(/C=C/c3sc(/C=C/c4sc(/C=C/c5sc(/C=C(\C#N)C(=O)O)c(CCCCCC)c5CCCCCC)c(CCCCCC)c4CCCCCC)c(CCCCCC)c3CCCCCC)c(CCCCCC)c2CCCCCC)c1CCCCCC. The van der Waals surface area contributed by atoms with Gasteiger partial charge in [0, 0.05) is 43.9 Å². The van der Waals surface area contributed by atoms with Crippen molar-refractivity contribution in [1.82, 2.24) is 0 Å². The molecular formula is C92H141NO2S5. The Balaban J connectivity index is 1.76. The molecule has 0 unspecified atom stereocenters. The van der Waals surface area contributed by atoms with Gasteiger partial charge in [-0.2, -0.15) is 5.26 Å². The van der Waals surface area contributed by atoms with E-state index in [0.29, 0.717) is 0 Å². The number of carbonyl (C=O) groups is 1. The summed E-state index contributed by atoms with van der Waals surface area (Å²) in [5.41, 5.74) is 15.4. The highest BCUT2D eigenvalue weighted by Gasteiger charge is 2.23. The van der Waals surface area contributed by atoms with E-state index < -0.39 is 5.97 Å². The van der Waals surface area contributed by atoms with Crippen molar-refractivity contribution in [2.24, 2.45) is 0 Å². The van der Waals surface area contributed by atoms with Gasteiger partial charge in [0.1, 0.15) is 11.6 Å². The highest BCUT2D eigenvalue weighted by Crippen LogP contribution is 2.42. The molecule has 0 saturated heterocycles. The Morgan fingerprint density at radius 2 is 0.490 bits per heavy atom. The van der Waals surface area contributed by atoms with E-state index in [1.165, 1.54) is 313 Å². The maximum Gasteiger partial charge on any atom is 0.346 e. The molecule has 100 heavy (non-hydrogen) atoms. The summed E-state index contributed by atoms with van der Waals surface area (Å²) in [6, 6.07) is 2.03. The molecule has 5 rings (SSSR count). The number of hydrogen-bond acceptors (Lipinski definition) is 7. The van der Waals surface area contributed by atoms with Crippen LogP contribution in [0.15, 0.2) is 11.0 Å². The summed E-state index contributed by atoms with van der Waals surface area (Å²) in [7, 11) is 0. The molecule has 0 aliphatic heterocycles. The monoisotopic (exact) mass is 1450 g/mol. The van der Waals surface area contributed by atoms with Crippen molar-refractivity contribution < 1.29 is 9.90 Å². The van der Waals surface area contributed by atoms with E-state index in [0.717, 1.165) is 62.7 Å². The maximum absolute atomic E-state index is 12.4. The summed E-state index contributed by atoms with van der Waals surface area (Å²) in [6.45, 7) is 23.3. The third kappa shape index (κ3) is 30.7. The molecule has 0 fully saturated rings. The van der Waals surface area contributed by atoms with E-state index in [1.807, 2.05) is 28.7 Å². The number of nitrogens with zero attached hydrogens (tertiary/aromatic N) is 1. The fourth-order valence-corrected chi connectivity index (χ4v) is 20.6. The minimum absolute atomic E-state index is 0.176. The Morgan fingerprint density at radius 3 is 0.710 bits per heavy atom. The van der Waals surface area contributed by atoms with Gasteiger partial charge in [0.05, 0.1) is 0 Å². The van der Waals surface area contributed by atoms with E-state index in [2.05, 4.69) is 146 Å². The number of hydrogen-bond donors (Lipinski definition) is 1. The molecule has 0 radical (unpaired) electrons. The maximum atomic E-state index is 12.4. The van der Waals surface area contributed by atoms with Crippen molar-refractivity contribution in [2.45, 2.75) is 390 Å². The second-order valence-electron chi connectivity index (χ2n) is 29.2. The molecule has 5 aromatic rings. The smallest absolute Gasteiger partial charge is 0.346 e. The predicted octanol–water partition coefficient (Wildman–Crippen LogP) is 31.9. The molecule has 0 aromatic carbocycles. The number of aryl methyl sites for hydroxylation is 1. The fraction of sp³-hybridized carbons (Fsp3) is 0.652. The van der Waals surface area contributed by atoms with Gasteiger partial charge in [-0.3, -0.25) is 0 Å². The summed E-state index contributed by atoms with van der Waals surface area (Å²) in [4.78, 5) is 24.9. The number of unbranched alkanes of at least 4 members (excludes halogenated alkanes) is 30. The predicted molar refractivity (Wildman–Crippen MR) is 457 cm³/mol. The van der Waals surface area contributed by atoms with Gasteiger partial charge in [-0.15, -0.1) is 56.7 Å². The van der Waals surface area contributed by atoms with Crippen LogP contribution in [-0.2, 0) is 69.0 Å². The minimum atomic E-state index is -1.15. The number of nitriles is 1. The largest absolute Gasteiger partial charge is 0.477 e. The van der Waals surface area contributed by atoms with Crippen LogP contribution in [0.1, 0.15) is 426 Å². The van der Waals surface area contributed by atoms with Gasteiger partial charge >= 0.3 is 5.97 Å². The van der Waals surface area contributed by atoms with Gasteiger partial charge in [0.2, 0.25) is 0 Å². The third-order valence-electron chi connectivity index (χ3n) is 20.7. The number of aliphatic carboxylic acids is 1. The molecule has 8 heteroatoms. The van der Waals surface area contributed by atoms with Gasteiger partial charge in [-0.25, -0.2) is 4.79 Å². The first-order valence-electron chi connectivity index (χ1n) is 41.8. The van der Waals surface area contributed by atoms with Crippen molar-refractivity contribution in [1.29, 1.82) is 5.26 Å². The summed E-state index contributed by atoms with van der Waals surface area (Å²) in [6.07, 6.45) is 83.4. The Bertz CT molecular complexity index is 3220. The van der Waals surface area contributed by atoms with E-state index in [1.54, 1.807) is 61.9 Å². The van der Waals surface area contributed by atoms with Crippen molar-refractivity contribution in [3.05, 3.63) is 110 Å². The molecule has 0 amide bonds. The number of thiophene rings is 5. The van der Waals surface area contributed by atoms with E-state index >= 15 is 0 Å². The zero-order chi connectivity index (χ0) is 71.8. The zero-order valence-electron chi connectivity index (χ0n) is 65.5. The topological polar surface area (TPSA) is 61.1 Å². The van der Waals surface area contributed by atoms with Crippen LogP contribution in [0.4, 0.5) is 0 Å². The first-order valence-corrected chi connectivity index (χ1v) is 46.0. The second-order valence-corrected chi connectivity index (χ2v) is 34.4. The molecule has 0 bridgehead atoms. The Morgan fingerprint density at radius 1 is 0.290 bits per heavy atom. The van der Waals surface area contributed by atoms with Crippen molar-refractivity contribution in [2.75, 3.05) is 0 Å². The van der Waals surface area contributed by atoms with Crippen LogP contribution in [-0.4, -0.2) is 11.1 Å². The molecule has 5 aromatic heterocycles. The van der Waals surface area contributed by atoms with E-state index in [9.17, 15) is 15.2 Å². The highest BCUT2D eigenvalue weighted by molar-refractivity contribution is 7.16. The van der Waals surface area contributed by atoms with Crippen LogP contribution in [0, 0.1) is 11.3 Å². The van der Waals surface area contributed by atoms with Crippen molar-refractivity contribution in [3.8, 4) is 6.07 Å². The zero-order valence-corrected chi connectivity index (χ0v) is 69.6. The normalized spacial score (nSPS) is 12.3. The first-order chi connectivity index (χ1) is 49.1. The Labute approximate surface area is 634 Å². The number of carboxylic acid groups (broad SMARTS) is 1. The number of carboxylic acids is 1. The van der Waals surface area contributed by atoms with Gasteiger partial charge in [0.15, 0.2) is 0 Å². The Hall–Kier alpha value is -3.84. The molecular weight excluding hydrogens is 1310 g/mol. The summed E-state index contributed by atoms with van der Waals surface area (Å²) in [5.74, 6) is -1.15. The van der Waals surface area contributed by atoms with Gasteiger partial charge in [0.25, 0.3) is 0 Å².